The monoisotopic (exact) mass is 271 g/mol. The first-order valence-electron chi connectivity index (χ1n) is 6.16. The number of hydrogen-bond donors (Lipinski definition) is 2. The van der Waals surface area contributed by atoms with Crippen molar-refractivity contribution >= 4 is 23.1 Å². The smallest absolute Gasteiger partial charge is 0.172 e. The lowest BCUT2D eigenvalue weighted by molar-refractivity contribution is 0.923. The van der Waals surface area contributed by atoms with Gasteiger partial charge < -0.3 is 10.6 Å². The van der Waals surface area contributed by atoms with Gasteiger partial charge in [-0.2, -0.15) is 0 Å². The van der Waals surface area contributed by atoms with E-state index in [1.165, 1.54) is 11.1 Å². The van der Waals surface area contributed by atoms with Gasteiger partial charge in [0.25, 0.3) is 0 Å². The first-order valence-corrected chi connectivity index (χ1v) is 6.57. The molecule has 1 heterocycles. The minimum atomic E-state index is 0.583. The van der Waals surface area contributed by atoms with Crippen LogP contribution < -0.4 is 10.6 Å². The molecule has 0 amide bonds. The van der Waals surface area contributed by atoms with Crippen molar-refractivity contribution in [2.24, 2.45) is 0 Å². The van der Waals surface area contributed by atoms with Crippen molar-refractivity contribution < 1.29 is 0 Å². The van der Waals surface area contributed by atoms with Gasteiger partial charge in [-0.05, 0) is 49.3 Å². The third-order valence-corrected chi connectivity index (χ3v) is 2.94. The number of hydrogen-bond acceptors (Lipinski definition) is 2. The van der Waals surface area contributed by atoms with E-state index in [0.29, 0.717) is 11.7 Å². The fraction of sp³-hybridized carbons (Fsp3) is 0.200. The molecule has 1 aromatic heterocycles. The van der Waals surface area contributed by atoms with Crippen molar-refractivity contribution in [3.05, 3.63) is 59.3 Å². The van der Waals surface area contributed by atoms with E-state index in [2.05, 4.69) is 40.7 Å². The van der Waals surface area contributed by atoms with Crippen LogP contribution >= 0.6 is 12.2 Å². The number of rotatable bonds is 3. The SMILES string of the molecule is Cc1cccc(CNC(=S)Nc2cc(C)ccn2)c1. The Kier molecular flexibility index (Phi) is 4.47. The van der Waals surface area contributed by atoms with Crippen LogP contribution in [0, 0.1) is 13.8 Å². The molecule has 0 saturated heterocycles. The summed E-state index contributed by atoms with van der Waals surface area (Å²) in [6, 6.07) is 12.3. The predicted molar refractivity (Wildman–Crippen MR) is 83.2 cm³/mol. The minimum absolute atomic E-state index is 0.583. The average molecular weight is 271 g/mol. The summed E-state index contributed by atoms with van der Waals surface area (Å²) in [6.45, 7) is 4.81. The Labute approximate surface area is 119 Å². The Morgan fingerprint density at radius 3 is 2.68 bits per heavy atom. The molecule has 4 heteroatoms. The zero-order valence-electron chi connectivity index (χ0n) is 11.1. The number of pyridine rings is 1. The Balaban J connectivity index is 1.88. The largest absolute Gasteiger partial charge is 0.358 e. The van der Waals surface area contributed by atoms with Crippen molar-refractivity contribution in [3.63, 3.8) is 0 Å². The average Bonchev–Trinajstić information content (AvgIpc) is 2.36. The summed E-state index contributed by atoms with van der Waals surface area (Å²) < 4.78 is 0. The third kappa shape index (κ3) is 4.34. The maximum absolute atomic E-state index is 5.25. The van der Waals surface area contributed by atoms with E-state index in [0.717, 1.165) is 11.4 Å². The van der Waals surface area contributed by atoms with Crippen molar-refractivity contribution in [2.75, 3.05) is 5.32 Å². The molecule has 0 aliphatic rings. The fourth-order valence-electron chi connectivity index (χ4n) is 1.77. The lowest BCUT2D eigenvalue weighted by Crippen LogP contribution is -2.28. The van der Waals surface area contributed by atoms with E-state index < -0.39 is 0 Å². The lowest BCUT2D eigenvalue weighted by atomic mass is 10.1. The number of thiocarbonyl (C=S) groups is 1. The van der Waals surface area contributed by atoms with Gasteiger partial charge in [0.1, 0.15) is 5.82 Å². The molecule has 2 aromatic rings. The van der Waals surface area contributed by atoms with E-state index in [9.17, 15) is 0 Å². The fourth-order valence-corrected chi connectivity index (χ4v) is 1.95. The summed E-state index contributed by atoms with van der Waals surface area (Å²) in [7, 11) is 0. The Morgan fingerprint density at radius 2 is 1.95 bits per heavy atom. The van der Waals surface area contributed by atoms with E-state index in [1.807, 2.05) is 25.1 Å². The molecule has 0 saturated carbocycles. The van der Waals surface area contributed by atoms with E-state index in [1.54, 1.807) is 6.20 Å². The maximum atomic E-state index is 5.25. The highest BCUT2D eigenvalue weighted by atomic mass is 32.1. The molecular weight excluding hydrogens is 254 g/mol. The standard InChI is InChI=1S/C15H17N3S/c1-11-4-3-5-13(8-11)10-17-15(19)18-14-9-12(2)6-7-16-14/h3-9H,10H2,1-2H3,(H2,16,17,18,19). The lowest BCUT2D eigenvalue weighted by Gasteiger charge is -2.10. The molecule has 3 nitrogen and oxygen atoms in total. The Morgan fingerprint density at radius 1 is 1.16 bits per heavy atom. The first kappa shape index (κ1) is 13.5. The maximum Gasteiger partial charge on any atom is 0.172 e. The first-order chi connectivity index (χ1) is 9.13. The molecule has 0 radical (unpaired) electrons. The van der Waals surface area contributed by atoms with Gasteiger partial charge in [-0.1, -0.05) is 29.8 Å². The predicted octanol–water partition coefficient (Wildman–Crippen LogP) is 3.19. The summed E-state index contributed by atoms with van der Waals surface area (Å²) in [6.07, 6.45) is 1.76. The van der Waals surface area contributed by atoms with Crippen LogP contribution in [0.3, 0.4) is 0 Å². The summed E-state index contributed by atoms with van der Waals surface area (Å²) in [4.78, 5) is 4.21. The molecule has 1 aromatic carbocycles. The van der Waals surface area contributed by atoms with Gasteiger partial charge in [0.05, 0.1) is 0 Å². The number of anilines is 1. The van der Waals surface area contributed by atoms with Crippen LogP contribution in [0.5, 0.6) is 0 Å². The van der Waals surface area contributed by atoms with Crippen LogP contribution in [0.25, 0.3) is 0 Å². The summed E-state index contributed by atoms with van der Waals surface area (Å²) >= 11 is 5.25. The van der Waals surface area contributed by atoms with E-state index >= 15 is 0 Å². The van der Waals surface area contributed by atoms with Gasteiger partial charge in [-0.25, -0.2) is 4.98 Å². The van der Waals surface area contributed by atoms with E-state index in [-0.39, 0.29) is 0 Å². The van der Waals surface area contributed by atoms with Gasteiger partial charge >= 0.3 is 0 Å². The number of aryl methyl sites for hydroxylation is 2. The summed E-state index contributed by atoms with van der Waals surface area (Å²) in [5, 5.41) is 6.83. The second-order valence-electron chi connectivity index (χ2n) is 4.52. The van der Waals surface area contributed by atoms with Gasteiger partial charge in [0.2, 0.25) is 0 Å². The molecule has 0 atom stereocenters. The molecular formula is C15H17N3S. The molecule has 19 heavy (non-hydrogen) atoms. The molecule has 0 fully saturated rings. The molecule has 0 spiro atoms. The minimum Gasteiger partial charge on any atom is -0.358 e. The molecule has 0 bridgehead atoms. The molecule has 2 N–H and O–H groups in total. The Hall–Kier alpha value is -1.94. The van der Waals surface area contributed by atoms with Gasteiger partial charge in [-0.3, -0.25) is 0 Å². The quantitative estimate of drug-likeness (QED) is 0.841. The normalized spacial score (nSPS) is 10.0. The van der Waals surface area contributed by atoms with Crippen LogP contribution in [0.15, 0.2) is 42.6 Å². The van der Waals surface area contributed by atoms with Crippen molar-refractivity contribution in [3.8, 4) is 0 Å². The molecule has 0 aliphatic carbocycles. The highest BCUT2D eigenvalue weighted by molar-refractivity contribution is 7.80. The van der Waals surface area contributed by atoms with Crippen molar-refractivity contribution in [1.82, 2.24) is 10.3 Å². The topological polar surface area (TPSA) is 37.0 Å². The number of nitrogens with one attached hydrogen (secondary N) is 2. The summed E-state index contributed by atoms with van der Waals surface area (Å²) in [5.41, 5.74) is 3.61. The van der Waals surface area contributed by atoms with Crippen molar-refractivity contribution in [1.29, 1.82) is 0 Å². The molecule has 0 unspecified atom stereocenters. The van der Waals surface area contributed by atoms with Crippen LogP contribution in [0.2, 0.25) is 0 Å². The molecule has 0 aliphatic heterocycles. The van der Waals surface area contributed by atoms with Crippen molar-refractivity contribution in [2.45, 2.75) is 20.4 Å². The van der Waals surface area contributed by atoms with Crippen LogP contribution in [-0.2, 0) is 6.54 Å². The van der Waals surface area contributed by atoms with Gasteiger partial charge in [0.15, 0.2) is 5.11 Å². The van der Waals surface area contributed by atoms with Crippen LogP contribution in [0.4, 0.5) is 5.82 Å². The molecule has 98 valence electrons. The Bertz CT molecular complexity index is 581. The van der Waals surface area contributed by atoms with Crippen LogP contribution in [0.1, 0.15) is 16.7 Å². The zero-order valence-corrected chi connectivity index (χ0v) is 11.9. The molecule has 2 rings (SSSR count). The second kappa shape index (κ2) is 6.29. The number of benzene rings is 1. The van der Waals surface area contributed by atoms with E-state index in [4.69, 9.17) is 12.2 Å². The number of nitrogens with zero attached hydrogens (tertiary/aromatic N) is 1. The summed E-state index contributed by atoms with van der Waals surface area (Å²) in [5.74, 6) is 0.766. The van der Waals surface area contributed by atoms with Gasteiger partial charge in [-0.15, -0.1) is 0 Å². The highest BCUT2D eigenvalue weighted by Crippen LogP contribution is 2.06. The van der Waals surface area contributed by atoms with Crippen LogP contribution in [-0.4, -0.2) is 10.1 Å². The number of aromatic nitrogens is 1. The van der Waals surface area contributed by atoms with Gasteiger partial charge in [0, 0.05) is 12.7 Å². The third-order valence-electron chi connectivity index (χ3n) is 2.69. The highest BCUT2D eigenvalue weighted by Gasteiger charge is 1.99. The zero-order chi connectivity index (χ0) is 13.7. The second-order valence-corrected chi connectivity index (χ2v) is 4.92.